The molecule has 2 N–H and O–H groups in total. The Balaban J connectivity index is 0.000000715. The predicted octanol–water partition coefficient (Wildman–Crippen LogP) is 11.0. The second-order valence-corrected chi connectivity index (χ2v) is 12.3. The maximum Gasteiger partial charge on any atom is 0.416 e. The van der Waals surface area contributed by atoms with E-state index in [0.29, 0.717) is 6.54 Å². The molecular formula is C37H51F3N2. The number of benzene rings is 2. The summed E-state index contributed by atoms with van der Waals surface area (Å²) in [6.45, 7) is 15.8. The molecule has 2 aliphatic carbocycles. The SMILES string of the molecule is C=C(CNC(CCC)(CCC)C1=CCC(c2ccc(C(F)(F)F)cc2)C=C1)Nc1ccc(C)c(C)c1.CC1CCCC1. The predicted molar refractivity (Wildman–Crippen MR) is 173 cm³/mol. The van der Waals surface area contributed by atoms with Crippen molar-refractivity contribution in [2.45, 2.75) is 110 Å². The number of hydrogen-bond donors (Lipinski definition) is 2. The minimum atomic E-state index is -4.31. The van der Waals surface area contributed by atoms with Crippen LogP contribution in [0.25, 0.3) is 0 Å². The van der Waals surface area contributed by atoms with Gasteiger partial charge in [-0.25, -0.2) is 0 Å². The third-order valence-corrected chi connectivity index (χ3v) is 8.78. The Bertz CT molecular complexity index is 1190. The summed E-state index contributed by atoms with van der Waals surface area (Å²) in [6.07, 6.45) is 13.1. The first-order valence-corrected chi connectivity index (χ1v) is 15.8. The average molecular weight is 581 g/mol. The molecule has 0 spiro atoms. The molecule has 42 heavy (non-hydrogen) atoms. The lowest BCUT2D eigenvalue weighted by Gasteiger charge is -2.38. The molecule has 4 rings (SSSR count). The van der Waals surface area contributed by atoms with Crippen LogP contribution < -0.4 is 10.6 Å². The molecule has 0 radical (unpaired) electrons. The third-order valence-electron chi connectivity index (χ3n) is 8.78. The van der Waals surface area contributed by atoms with Gasteiger partial charge in [0.1, 0.15) is 0 Å². The van der Waals surface area contributed by atoms with E-state index >= 15 is 0 Å². The second kappa shape index (κ2) is 15.6. The maximum absolute atomic E-state index is 12.9. The third kappa shape index (κ3) is 9.62. The normalized spacial score (nSPS) is 17.4. The Labute approximate surface area is 252 Å². The zero-order valence-corrected chi connectivity index (χ0v) is 26.3. The summed E-state index contributed by atoms with van der Waals surface area (Å²) >= 11 is 0. The van der Waals surface area contributed by atoms with E-state index in [0.717, 1.165) is 55.0 Å². The van der Waals surface area contributed by atoms with Gasteiger partial charge in [0.25, 0.3) is 0 Å². The van der Waals surface area contributed by atoms with E-state index in [-0.39, 0.29) is 11.5 Å². The molecule has 1 fully saturated rings. The lowest BCUT2D eigenvalue weighted by Crippen LogP contribution is -2.48. The van der Waals surface area contributed by atoms with Gasteiger partial charge in [-0.05, 0) is 85.6 Å². The molecule has 230 valence electrons. The van der Waals surface area contributed by atoms with Crippen molar-refractivity contribution in [1.29, 1.82) is 0 Å². The molecule has 2 aromatic carbocycles. The summed E-state index contributed by atoms with van der Waals surface area (Å²) in [4.78, 5) is 0. The lowest BCUT2D eigenvalue weighted by molar-refractivity contribution is -0.137. The standard InChI is InChI=1S/C31H39F3N2.C6H12/c1-6-18-30(19-7-2,35-21-24(5)36-29-17-8-22(3)23(4)20-29)27-13-9-25(10-14-27)26-11-15-28(16-12-26)31(32,33)34;1-6-4-2-3-5-6/h8-9,11-17,20,25,35-36H,5-7,10,18-19,21H2,1-4H3;6H,2-5H2,1H3. The Hall–Kier alpha value is -2.79. The molecule has 0 saturated heterocycles. The van der Waals surface area contributed by atoms with Gasteiger partial charge in [-0.1, -0.05) is 102 Å². The number of rotatable bonds is 11. The molecule has 0 heterocycles. The quantitative estimate of drug-likeness (QED) is 0.276. The summed E-state index contributed by atoms with van der Waals surface area (Å²) < 4.78 is 38.8. The summed E-state index contributed by atoms with van der Waals surface area (Å²) in [5, 5.41) is 7.26. The molecule has 2 nitrogen and oxygen atoms in total. The van der Waals surface area contributed by atoms with Gasteiger partial charge in [0.2, 0.25) is 0 Å². The summed E-state index contributed by atoms with van der Waals surface area (Å²) in [6, 6.07) is 11.9. The van der Waals surface area contributed by atoms with E-state index in [4.69, 9.17) is 0 Å². The average Bonchev–Trinajstić information content (AvgIpc) is 3.45. The number of aryl methyl sites for hydroxylation is 2. The van der Waals surface area contributed by atoms with Gasteiger partial charge in [-0.15, -0.1) is 0 Å². The molecular weight excluding hydrogens is 529 g/mol. The van der Waals surface area contributed by atoms with Crippen LogP contribution in [0.1, 0.15) is 107 Å². The number of nitrogens with one attached hydrogen (secondary N) is 2. The van der Waals surface area contributed by atoms with E-state index < -0.39 is 11.7 Å². The van der Waals surface area contributed by atoms with E-state index in [1.165, 1.54) is 54.5 Å². The Morgan fingerprint density at radius 2 is 1.57 bits per heavy atom. The first-order valence-electron chi connectivity index (χ1n) is 15.8. The topological polar surface area (TPSA) is 24.1 Å². The van der Waals surface area contributed by atoms with Gasteiger partial charge in [-0.3, -0.25) is 0 Å². The van der Waals surface area contributed by atoms with Gasteiger partial charge in [0.15, 0.2) is 0 Å². The molecule has 1 atom stereocenters. The Morgan fingerprint density at radius 1 is 0.929 bits per heavy atom. The van der Waals surface area contributed by atoms with Crippen molar-refractivity contribution in [1.82, 2.24) is 5.32 Å². The van der Waals surface area contributed by atoms with Crippen molar-refractivity contribution in [3.63, 3.8) is 0 Å². The molecule has 0 aliphatic heterocycles. The minimum Gasteiger partial charge on any atom is -0.358 e. The monoisotopic (exact) mass is 580 g/mol. The Kier molecular flexibility index (Phi) is 12.5. The van der Waals surface area contributed by atoms with Crippen molar-refractivity contribution >= 4 is 5.69 Å². The molecule has 0 amide bonds. The van der Waals surface area contributed by atoms with Crippen LogP contribution >= 0.6 is 0 Å². The van der Waals surface area contributed by atoms with Crippen LogP contribution in [0.4, 0.5) is 18.9 Å². The van der Waals surface area contributed by atoms with Crippen LogP contribution in [0.2, 0.25) is 0 Å². The molecule has 1 saturated carbocycles. The number of anilines is 1. The number of allylic oxidation sites excluding steroid dienone is 2. The molecule has 1 unspecified atom stereocenters. The highest BCUT2D eigenvalue weighted by Gasteiger charge is 2.33. The lowest BCUT2D eigenvalue weighted by atomic mass is 9.77. The highest BCUT2D eigenvalue weighted by molar-refractivity contribution is 5.52. The zero-order valence-electron chi connectivity index (χ0n) is 26.3. The van der Waals surface area contributed by atoms with Crippen LogP contribution in [0.3, 0.4) is 0 Å². The Morgan fingerprint density at radius 3 is 2.05 bits per heavy atom. The molecule has 0 aromatic heterocycles. The zero-order chi connectivity index (χ0) is 30.8. The van der Waals surface area contributed by atoms with Crippen LogP contribution in [-0.2, 0) is 6.18 Å². The summed E-state index contributed by atoms with van der Waals surface area (Å²) in [5.74, 6) is 1.13. The highest BCUT2D eigenvalue weighted by Crippen LogP contribution is 2.37. The minimum absolute atomic E-state index is 0.0818. The van der Waals surface area contributed by atoms with E-state index in [2.05, 4.69) is 88.3 Å². The van der Waals surface area contributed by atoms with Crippen molar-refractivity contribution in [3.8, 4) is 0 Å². The fraction of sp³-hybridized carbons (Fsp3) is 0.514. The summed E-state index contributed by atoms with van der Waals surface area (Å²) in [7, 11) is 0. The molecule has 5 heteroatoms. The van der Waals surface area contributed by atoms with Crippen molar-refractivity contribution < 1.29 is 13.2 Å². The number of alkyl halides is 3. The second-order valence-electron chi connectivity index (χ2n) is 12.3. The van der Waals surface area contributed by atoms with Gasteiger partial charge in [0.05, 0.1) is 5.56 Å². The number of hydrogen-bond acceptors (Lipinski definition) is 2. The largest absolute Gasteiger partial charge is 0.416 e. The molecule has 0 bridgehead atoms. The van der Waals surface area contributed by atoms with Crippen LogP contribution in [-0.4, -0.2) is 12.1 Å². The van der Waals surface area contributed by atoms with E-state index in [1.807, 2.05) is 0 Å². The van der Waals surface area contributed by atoms with Crippen molar-refractivity contribution in [3.05, 3.63) is 101 Å². The van der Waals surface area contributed by atoms with Gasteiger partial charge in [0, 0.05) is 29.4 Å². The van der Waals surface area contributed by atoms with Crippen molar-refractivity contribution in [2.24, 2.45) is 5.92 Å². The summed E-state index contributed by atoms with van der Waals surface area (Å²) in [5.41, 5.74) is 5.85. The van der Waals surface area contributed by atoms with Gasteiger partial charge < -0.3 is 10.6 Å². The van der Waals surface area contributed by atoms with E-state index in [1.54, 1.807) is 12.1 Å². The molecule has 2 aliphatic rings. The fourth-order valence-electron chi connectivity index (χ4n) is 6.16. The van der Waals surface area contributed by atoms with Crippen molar-refractivity contribution in [2.75, 3.05) is 11.9 Å². The first kappa shape index (κ1) is 33.7. The van der Waals surface area contributed by atoms with Crippen LogP contribution in [0, 0.1) is 19.8 Å². The van der Waals surface area contributed by atoms with Gasteiger partial charge in [-0.2, -0.15) is 13.2 Å². The first-order chi connectivity index (χ1) is 20.0. The van der Waals surface area contributed by atoms with Gasteiger partial charge >= 0.3 is 6.18 Å². The van der Waals surface area contributed by atoms with Crippen LogP contribution in [0.15, 0.2) is 78.5 Å². The highest BCUT2D eigenvalue weighted by atomic mass is 19.4. The fourth-order valence-corrected chi connectivity index (χ4v) is 6.16. The smallest absolute Gasteiger partial charge is 0.358 e. The van der Waals surface area contributed by atoms with E-state index in [9.17, 15) is 13.2 Å². The van der Waals surface area contributed by atoms with Crippen LogP contribution in [0.5, 0.6) is 0 Å². The molecule has 2 aromatic rings. The maximum atomic E-state index is 12.9. The number of halogens is 3.